The molecule has 0 spiro atoms. The number of aliphatic imine (C=N–C) groups is 1. The van der Waals surface area contributed by atoms with Gasteiger partial charge in [-0.2, -0.15) is 5.10 Å². The van der Waals surface area contributed by atoms with Gasteiger partial charge < -0.3 is 11.1 Å². The zero-order valence-electron chi connectivity index (χ0n) is 15.2. The molecule has 5 nitrogen and oxygen atoms in total. The predicted molar refractivity (Wildman–Crippen MR) is 119 cm³/mol. The van der Waals surface area contributed by atoms with Crippen LogP contribution in [0.1, 0.15) is 22.5 Å². The van der Waals surface area contributed by atoms with E-state index in [0.29, 0.717) is 12.5 Å². The second-order valence-electron chi connectivity index (χ2n) is 6.16. The average molecular weight is 461 g/mol. The largest absolute Gasteiger partial charge is 0.370 e. The fourth-order valence-electron chi connectivity index (χ4n) is 2.72. The second kappa shape index (κ2) is 8.84. The molecular weight excluding hydrogens is 437 g/mol. The Morgan fingerprint density at radius 2 is 1.77 bits per heavy atom. The van der Waals surface area contributed by atoms with Gasteiger partial charge in [0, 0.05) is 11.4 Å². The summed E-state index contributed by atoms with van der Waals surface area (Å²) in [7, 11) is 0. The van der Waals surface area contributed by atoms with E-state index in [9.17, 15) is 0 Å². The summed E-state index contributed by atoms with van der Waals surface area (Å²) in [6.07, 6.45) is 0. The van der Waals surface area contributed by atoms with E-state index in [1.165, 1.54) is 5.56 Å². The summed E-state index contributed by atoms with van der Waals surface area (Å²) >= 11 is 0. The Labute approximate surface area is 171 Å². The molecule has 0 saturated heterocycles. The van der Waals surface area contributed by atoms with E-state index in [0.717, 1.165) is 28.3 Å². The van der Waals surface area contributed by atoms with Crippen molar-refractivity contribution in [3.8, 4) is 5.69 Å². The second-order valence-corrected chi connectivity index (χ2v) is 6.16. The molecule has 0 atom stereocenters. The molecule has 136 valence electrons. The van der Waals surface area contributed by atoms with Gasteiger partial charge in [-0.05, 0) is 50.6 Å². The minimum absolute atomic E-state index is 0. The molecule has 1 heterocycles. The van der Waals surface area contributed by atoms with Crippen molar-refractivity contribution in [2.24, 2.45) is 10.7 Å². The third kappa shape index (κ3) is 4.85. The molecule has 0 aliphatic carbocycles. The highest BCUT2D eigenvalue weighted by atomic mass is 127. The van der Waals surface area contributed by atoms with Crippen LogP contribution in [0.5, 0.6) is 0 Å². The topological polar surface area (TPSA) is 68.2 Å². The number of nitrogens with zero attached hydrogens (tertiary/aromatic N) is 3. The molecule has 0 amide bonds. The van der Waals surface area contributed by atoms with Crippen molar-refractivity contribution >= 4 is 35.6 Å². The van der Waals surface area contributed by atoms with E-state index < -0.39 is 0 Å². The number of benzene rings is 2. The molecule has 0 aliphatic heterocycles. The quantitative estimate of drug-likeness (QED) is 0.345. The van der Waals surface area contributed by atoms with Crippen LogP contribution in [-0.2, 0) is 6.54 Å². The highest BCUT2D eigenvalue weighted by Crippen LogP contribution is 2.18. The van der Waals surface area contributed by atoms with Crippen LogP contribution in [0.3, 0.4) is 0 Å². The minimum Gasteiger partial charge on any atom is -0.370 e. The normalized spacial score (nSPS) is 11.1. The lowest BCUT2D eigenvalue weighted by molar-refractivity contribution is 0.818. The fourth-order valence-corrected chi connectivity index (χ4v) is 2.72. The number of aryl methyl sites for hydroxylation is 3. The molecule has 0 bridgehead atoms. The summed E-state index contributed by atoms with van der Waals surface area (Å²) in [4.78, 5) is 4.48. The van der Waals surface area contributed by atoms with Gasteiger partial charge in [-0.25, -0.2) is 9.67 Å². The number of aromatic nitrogens is 2. The molecule has 6 heteroatoms. The first-order valence-corrected chi connectivity index (χ1v) is 8.28. The number of nitrogens with one attached hydrogen (secondary N) is 1. The molecule has 1 aromatic heterocycles. The zero-order chi connectivity index (χ0) is 17.8. The number of hydrogen-bond donors (Lipinski definition) is 2. The third-order valence-electron chi connectivity index (χ3n) is 3.97. The van der Waals surface area contributed by atoms with E-state index in [2.05, 4.69) is 34.5 Å². The van der Waals surface area contributed by atoms with Gasteiger partial charge in [0.15, 0.2) is 5.96 Å². The number of anilines is 1. The van der Waals surface area contributed by atoms with E-state index in [4.69, 9.17) is 5.73 Å². The first kappa shape index (κ1) is 20.0. The Morgan fingerprint density at radius 1 is 1.08 bits per heavy atom. The maximum absolute atomic E-state index is 6.03. The maximum atomic E-state index is 6.03. The van der Waals surface area contributed by atoms with Gasteiger partial charge >= 0.3 is 0 Å². The van der Waals surface area contributed by atoms with Crippen LogP contribution in [0.25, 0.3) is 5.69 Å². The third-order valence-corrected chi connectivity index (χ3v) is 3.97. The molecule has 2 aromatic carbocycles. The summed E-state index contributed by atoms with van der Waals surface area (Å²) in [5.74, 6) is 0.395. The van der Waals surface area contributed by atoms with Gasteiger partial charge in [-0.15, -0.1) is 24.0 Å². The Bertz CT molecular complexity index is 897. The Balaban J connectivity index is 0.00000243. The summed E-state index contributed by atoms with van der Waals surface area (Å²) in [5.41, 5.74) is 12.4. The number of hydrogen-bond acceptors (Lipinski definition) is 2. The first-order valence-electron chi connectivity index (χ1n) is 8.28. The van der Waals surface area contributed by atoms with Crippen molar-refractivity contribution in [1.29, 1.82) is 0 Å². The Morgan fingerprint density at radius 3 is 2.42 bits per heavy atom. The summed E-state index contributed by atoms with van der Waals surface area (Å²) in [6.45, 7) is 6.58. The molecule has 0 fully saturated rings. The standard InChI is InChI=1S/C20H23N5.HI/c1-14-8-10-18(11-9-14)23-20(21)22-13-17-6-4-5-7-19(17)25-16(3)12-15(2)24-25;/h4-12H,13H2,1-3H3,(H3,21,22,23);1H. The molecular formula is C20H24IN5. The zero-order valence-corrected chi connectivity index (χ0v) is 17.6. The maximum Gasteiger partial charge on any atom is 0.193 e. The van der Waals surface area contributed by atoms with Crippen LogP contribution >= 0.6 is 24.0 Å². The molecule has 3 N–H and O–H groups in total. The number of rotatable bonds is 4. The Hall–Kier alpha value is -2.35. The molecule has 0 aliphatic rings. The van der Waals surface area contributed by atoms with Crippen molar-refractivity contribution in [1.82, 2.24) is 9.78 Å². The van der Waals surface area contributed by atoms with Gasteiger partial charge in [-0.3, -0.25) is 0 Å². The lowest BCUT2D eigenvalue weighted by Crippen LogP contribution is -2.22. The predicted octanol–water partition coefficient (Wildman–Crippen LogP) is 4.34. The monoisotopic (exact) mass is 461 g/mol. The molecule has 0 saturated carbocycles. The summed E-state index contributed by atoms with van der Waals surface area (Å²) in [5, 5.41) is 7.68. The van der Waals surface area contributed by atoms with Gasteiger partial charge in [0.2, 0.25) is 0 Å². The van der Waals surface area contributed by atoms with E-state index in [1.807, 2.05) is 61.0 Å². The Kier molecular flexibility index (Phi) is 6.79. The summed E-state index contributed by atoms with van der Waals surface area (Å²) in [6, 6.07) is 18.2. The average Bonchev–Trinajstić information content (AvgIpc) is 2.93. The van der Waals surface area contributed by atoms with E-state index in [1.54, 1.807) is 0 Å². The van der Waals surface area contributed by atoms with Crippen LogP contribution in [0.2, 0.25) is 0 Å². The van der Waals surface area contributed by atoms with Crippen molar-refractivity contribution in [2.75, 3.05) is 5.32 Å². The van der Waals surface area contributed by atoms with Crippen LogP contribution in [0, 0.1) is 20.8 Å². The molecule has 3 rings (SSSR count). The SMILES string of the molecule is Cc1ccc(NC(N)=NCc2ccccc2-n2nc(C)cc2C)cc1.I. The fraction of sp³-hybridized carbons (Fsp3) is 0.200. The molecule has 0 unspecified atom stereocenters. The molecule has 26 heavy (non-hydrogen) atoms. The van der Waals surface area contributed by atoms with Gasteiger partial charge in [-0.1, -0.05) is 35.9 Å². The number of nitrogens with two attached hydrogens (primary N) is 1. The molecule has 0 radical (unpaired) electrons. The lowest BCUT2D eigenvalue weighted by Gasteiger charge is -2.10. The number of para-hydroxylation sites is 1. The van der Waals surface area contributed by atoms with Crippen LogP contribution < -0.4 is 11.1 Å². The highest BCUT2D eigenvalue weighted by Gasteiger charge is 2.08. The van der Waals surface area contributed by atoms with E-state index in [-0.39, 0.29) is 24.0 Å². The van der Waals surface area contributed by atoms with Crippen LogP contribution in [0.4, 0.5) is 5.69 Å². The van der Waals surface area contributed by atoms with Crippen molar-refractivity contribution in [3.63, 3.8) is 0 Å². The van der Waals surface area contributed by atoms with Crippen LogP contribution in [0.15, 0.2) is 59.6 Å². The van der Waals surface area contributed by atoms with Gasteiger partial charge in [0.05, 0.1) is 17.9 Å². The van der Waals surface area contributed by atoms with Crippen molar-refractivity contribution in [2.45, 2.75) is 27.3 Å². The van der Waals surface area contributed by atoms with E-state index >= 15 is 0 Å². The van der Waals surface area contributed by atoms with Crippen LogP contribution in [-0.4, -0.2) is 15.7 Å². The van der Waals surface area contributed by atoms with Gasteiger partial charge in [0.25, 0.3) is 0 Å². The number of halogens is 1. The smallest absolute Gasteiger partial charge is 0.193 e. The molecule has 3 aromatic rings. The summed E-state index contributed by atoms with van der Waals surface area (Å²) < 4.78 is 1.95. The number of guanidine groups is 1. The highest BCUT2D eigenvalue weighted by molar-refractivity contribution is 14.0. The van der Waals surface area contributed by atoms with Crippen molar-refractivity contribution in [3.05, 3.63) is 77.1 Å². The minimum atomic E-state index is 0. The van der Waals surface area contributed by atoms with Crippen molar-refractivity contribution < 1.29 is 0 Å². The lowest BCUT2D eigenvalue weighted by atomic mass is 10.2. The van der Waals surface area contributed by atoms with Gasteiger partial charge in [0.1, 0.15) is 0 Å². The first-order chi connectivity index (χ1) is 12.0.